The van der Waals surface area contributed by atoms with Crippen LogP contribution in [0.15, 0.2) is 60.3 Å². The van der Waals surface area contributed by atoms with Crippen molar-refractivity contribution in [3.05, 3.63) is 65.9 Å². The van der Waals surface area contributed by atoms with Gasteiger partial charge in [0, 0.05) is 17.3 Å². The molecule has 76 valence electrons. The lowest BCUT2D eigenvalue weighted by Gasteiger charge is -2.19. The van der Waals surface area contributed by atoms with Crippen LogP contribution >= 0.6 is 0 Å². The first kappa shape index (κ1) is 9.74. The van der Waals surface area contributed by atoms with E-state index in [1.54, 1.807) is 0 Å². The van der Waals surface area contributed by atoms with Crippen LogP contribution in [0, 0.1) is 0 Å². The van der Waals surface area contributed by atoms with E-state index in [0.29, 0.717) is 5.70 Å². The average Bonchev–Trinajstić information content (AvgIpc) is 2.27. The van der Waals surface area contributed by atoms with Crippen molar-refractivity contribution in [2.45, 2.75) is 6.04 Å². The van der Waals surface area contributed by atoms with E-state index in [0.717, 1.165) is 16.7 Å². The third-order valence-electron chi connectivity index (χ3n) is 2.59. The van der Waals surface area contributed by atoms with Crippen molar-refractivity contribution in [1.29, 1.82) is 0 Å². The standard InChI is InChI=1S/C13H14N2/c1-9-12(14)8-7-11(13(9)15)10-5-3-2-4-6-10/h2-8,12H,1,14-15H2. The van der Waals surface area contributed by atoms with Gasteiger partial charge in [0.1, 0.15) is 0 Å². The number of benzene rings is 1. The second-order valence-electron chi connectivity index (χ2n) is 3.60. The highest BCUT2D eigenvalue weighted by Crippen LogP contribution is 2.26. The monoisotopic (exact) mass is 198 g/mol. The summed E-state index contributed by atoms with van der Waals surface area (Å²) in [7, 11) is 0. The molecule has 0 saturated heterocycles. The van der Waals surface area contributed by atoms with E-state index >= 15 is 0 Å². The first-order valence-electron chi connectivity index (χ1n) is 4.88. The molecule has 1 unspecified atom stereocenters. The van der Waals surface area contributed by atoms with Gasteiger partial charge in [-0.2, -0.15) is 0 Å². The smallest absolute Gasteiger partial charge is 0.0499 e. The van der Waals surface area contributed by atoms with E-state index < -0.39 is 0 Å². The van der Waals surface area contributed by atoms with Gasteiger partial charge in [-0.3, -0.25) is 0 Å². The van der Waals surface area contributed by atoms with E-state index in [2.05, 4.69) is 6.58 Å². The summed E-state index contributed by atoms with van der Waals surface area (Å²) in [6, 6.07) is 9.85. The molecule has 2 rings (SSSR count). The summed E-state index contributed by atoms with van der Waals surface area (Å²) in [6.45, 7) is 3.89. The molecule has 0 saturated carbocycles. The molecule has 2 heteroatoms. The van der Waals surface area contributed by atoms with Crippen LogP contribution in [0.2, 0.25) is 0 Å². The van der Waals surface area contributed by atoms with Crippen molar-refractivity contribution in [3.63, 3.8) is 0 Å². The quantitative estimate of drug-likeness (QED) is 0.723. The van der Waals surface area contributed by atoms with Crippen molar-refractivity contribution in [3.8, 4) is 0 Å². The molecule has 0 amide bonds. The Hall–Kier alpha value is -1.80. The molecule has 0 fully saturated rings. The van der Waals surface area contributed by atoms with E-state index in [-0.39, 0.29) is 6.04 Å². The summed E-state index contributed by atoms with van der Waals surface area (Å²) in [5.74, 6) is 0. The minimum Gasteiger partial charge on any atom is -0.398 e. The molecule has 15 heavy (non-hydrogen) atoms. The number of nitrogens with two attached hydrogens (primary N) is 2. The van der Waals surface area contributed by atoms with Crippen LogP contribution in [0.4, 0.5) is 0 Å². The molecule has 1 aliphatic rings. The van der Waals surface area contributed by atoms with Gasteiger partial charge >= 0.3 is 0 Å². The third-order valence-corrected chi connectivity index (χ3v) is 2.59. The Morgan fingerprint density at radius 3 is 2.47 bits per heavy atom. The molecule has 1 aromatic carbocycles. The maximum atomic E-state index is 5.99. The summed E-state index contributed by atoms with van der Waals surface area (Å²) < 4.78 is 0. The highest BCUT2D eigenvalue weighted by Gasteiger charge is 2.15. The van der Waals surface area contributed by atoms with Crippen LogP contribution in [0.25, 0.3) is 5.57 Å². The lowest BCUT2D eigenvalue weighted by atomic mass is 9.92. The van der Waals surface area contributed by atoms with Gasteiger partial charge in [0.25, 0.3) is 0 Å². The fourth-order valence-electron chi connectivity index (χ4n) is 1.63. The Kier molecular flexibility index (Phi) is 2.44. The van der Waals surface area contributed by atoms with E-state index in [1.807, 2.05) is 42.5 Å². The normalized spacial score (nSPS) is 20.9. The first-order chi connectivity index (χ1) is 7.20. The Balaban J connectivity index is 2.47. The van der Waals surface area contributed by atoms with Crippen molar-refractivity contribution in [2.24, 2.45) is 11.5 Å². The van der Waals surface area contributed by atoms with Crippen molar-refractivity contribution < 1.29 is 0 Å². The predicted molar refractivity (Wildman–Crippen MR) is 63.8 cm³/mol. The molecule has 0 aliphatic heterocycles. The largest absolute Gasteiger partial charge is 0.398 e. The lowest BCUT2D eigenvalue weighted by Crippen LogP contribution is -2.26. The fraction of sp³-hybridized carbons (Fsp3) is 0.0769. The second-order valence-corrected chi connectivity index (χ2v) is 3.60. The molecule has 0 radical (unpaired) electrons. The topological polar surface area (TPSA) is 52.0 Å². The van der Waals surface area contributed by atoms with Gasteiger partial charge in [-0.1, -0.05) is 49.1 Å². The van der Waals surface area contributed by atoms with Crippen LogP contribution in [0.3, 0.4) is 0 Å². The van der Waals surface area contributed by atoms with Gasteiger partial charge in [0.2, 0.25) is 0 Å². The summed E-state index contributed by atoms with van der Waals surface area (Å²) in [6.07, 6.45) is 3.88. The Bertz CT molecular complexity index is 441. The molecule has 1 aromatic rings. The predicted octanol–water partition coefficient (Wildman–Crippen LogP) is 1.81. The fourth-order valence-corrected chi connectivity index (χ4v) is 1.63. The zero-order valence-corrected chi connectivity index (χ0v) is 8.48. The number of allylic oxidation sites excluding steroid dienone is 2. The molecule has 0 bridgehead atoms. The zero-order valence-electron chi connectivity index (χ0n) is 8.48. The zero-order chi connectivity index (χ0) is 10.8. The van der Waals surface area contributed by atoms with Crippen LogP contribution in [-0.4, -0.2) is 6.04 Å². The Morgan fingerprint density at radius 1 is 1.13 bits per heavy atom. The molecule has 2 nitrogen and oxygen atoms in total. The van der Waals surface area contributed by atoms with Crippen molar-refractivity contribution >= 4 is 5.57 Å². The summed E-state index contributed by atoms with van der Waals surface area (Å²) in [5, 5.41) is 0. The van der Waals surface area contributed by atoms with Crippen LogP contribution < -0.4 is 11.5 Å². The van der Waals surface area contributed by atoms with Crippen LogP contribution in [0.1, 0.15) is 5.56 Å². The summed E-state index contributed by atoms with van der Waals surface area (Å²) >= 11 is 0. The molecule has 0 aromatic heterocycles. The van der Waals surface area contributed by atoms with Gasteiger partial charge in [0.15, 0.2) is 0 Å². The van der Waals surface area contributed by atoms with Gasteiger partial charge in [-0.05, 0) is 11.1 Å². The van der Waals surface area contributed by atoms with Gasteiger partial charge in [0.05, 0.1) is 0 Å². The van der Waals surface area contributed by atoms with Gasteiger partial charge in [-0.15, -0.1) is 0 Å². The average molecular weight is 198 g/mol. The highest BCUT2D eigenvalue weighted by molar-refractivity contribution is 5.81. The van der Waals surface area contributed by atoms with E-state index in [4.69, 9.17) is 11.5 Å². The molecule has 1 atom stereocenters. The number of rotatable bonds is 1. The molecule has 0 heterocycles. The minimum absolute atomic E-state index is 0.155. The molecular weight excluding hydrogens is 184 g/mol. The minimum atomic E-state index is -0.155. The van der Waals surface area contributed by atoms with Crippen LogP contribution in [0.5, 0.6) is 0 Å². The summed E-state index contributed by atoms with van der Waals surface area (Å²) in [5.41, 5.74) is 15.4. The second kappa shape index (κ2) is 3.75. The Morgan fingerprint density at radius 2 is 1.80 bits per heavy atom. The Labute approximate surface area is 89.6 Å². The number of hydrogen-bond acceptors (Lipinski definition) is 2. The van der Waals surface area contributed by atoms with E-state index in [1.165, 1.54) is 0 Å². The molecule has 1 aliphatic carbocycles. The number of hydrogen-bond donors (Lipinski definition) is 2. The molecule has 4 N–H and O–H groups in total. The highest BCUT2D eigenvalue weighted by atomic mass is 14.7. The van der Waals surface area contributed by atoms with Crippen molar-refractivity contribution in [2.75, 3.05) is 0 Å². The molecule has 0 spiro atoms. The first-order valence-corrected chi connectivity index (χ1v) is 4.88. The maximum Gasteiger partial charge on any atom is 0.0499 e. The SMILES string of the molecule is C=C1C(N)=C(c2ccccc2)C=CC1N. The van der Waals surface area contributed by atoms with E-state index in [9.17, 15) is 0 Å². The van der Waals surface area contributed by atoms with Gasteiger partial charge < -0.3 is 11.5 Å². The van der Waals surface area contributed by atoms with Gasteiger partial charge in [-0.25, -0.2) is 0 Å². The van der Waals surface area contributed by atoms with Crippen molar-refractivity contribution in [1.82, 2.24) is 0 Å². The maximum absolute atomic E-state index is 5.99. The summed E-state index contributed by atoms with van der Waals surface area (Å²) in [4.78, 5) is 0. The van der Waals surface area contributed by atoms with Crippen LogP contribution in [-0.2, 0) is 0 Å². The third kappa shape index (κ3) is 1.72. The lowest BCUT2D eigenvalue weighted by molar-refractivity contribution is 0.947. The molecular formula is C13H14N2.